The molecule has 11 heteroatoms. The Morgan fingerprint density at radius 2 is 1.65 bits per heavy atom. The van der Waals surface area contributed by atoms with Crippen LogP contribution in [-0.2, 0) is 16.3 Å². The van der Waals surface area contributed by atoms with Gasteiger partial charge in [0.05, 0.1) is 25.3 Å². The number of nitrogens with zero attached hydrogens (tertiary/aromatic N) is 1. The lowest BCUT2D eigenvalue weighted by Gasteiger charge is -2.19. The zero-order chi connectivity index (χ0) is 30.7. The maximum atomic E-state index is 13.8. The number of unbranched alkanes of at least 4 members (excludes halogenated alkanes) is 1. The fourth-order valence-corrected chi connectivity index (χ4v) is 6.20. The standard InChI is InChI=1S/C32H33N3O7S/c1-4-5-7-23-27(28-24(41-2)8-6-9-25(28)42-3)29(36)30(32(38)35-23)43(39,40)26-17-14-21(18-33-26)19-10-12-20(13-11-19)31(37)34-22-15-16-22/h6,8-14,17-18,22H,4-5,7,15-16H2,1-3H3,(H,34,37)(H2,35,36,38). The average molecular weight is 604 g/mol. The van der Waals surface area contributed by atoms with Crippen LogP contribution in [0.15, 0.2) is 75.5 Å². The van der Waals surface area contributed by atoms with Crippen LogP contribution in [0.2, 0.25) is 0 Å². The molecule has 1 saturated carbocycles. The summed E-state index contributed by atoms with van der Waals surface area (Å²) in [6.45, 7) is 1.98. The maximum absolute atomic E-state index is 13.8. The monoisotopic (exact) mass is 603 g/mol. The quantitative estimate of drug-likeness (QED) is 0.219. The van der Waals surface area contributed by atoms with E-state index in [9.17, 15) is 23.1 Å². The van der Waals surface area contributed by atoms with Crippen LogP contribution in [0.4, 0.5) is 0 Å². The molecule has 1 aliphatic carbocycles. The van der Waals surface area contributed by atoms with Gasteiger partial charge in [-0.1, -0.05) is 31.5 Å². The van der Waals surface area contributed by atoms with Crippen molar-refractivity contribution in [2.45, 2.75) is 55.0 Å². The highest BCUT2D eigenvalue weighted by molar-refractivity contribution is 7.91. The maximum Gasteiger partial charge on any atom is 0.271 e. The van der Waals surface area contributed by atoms with Crippen LogP contribution in [0.25, 0.3) is 22.3 Å². The van der Waals surface area contributed by atoms with Crippen molar-refractivity contribution < 1.29 is 27.8 Å². The third-order valence-corrected chi connectivity index (χ3v) is 9.06. The van der Waals surface area contributed by atoms with Crippen molar-refractivity contribution in [3.8, 4) is 39.5 Å². The van der Waals surface area contributed by atoms with Crippen molar-refractivity contribution in [1.29, 1.82) is 0 Å². The van der Waals surface area contributed by atoms with Crippen molar-refractivity contribution in [3.05, 3.63) is 82.4 Å². The number of pyridine rings is 2. The van der Waals surface area contributed by atoms with E-state index in [1.807, 2.05) is 6.92 Å². The second kappa shape index (κ2) is 12.3. The number of aromatic hydroxyl groups is 1. The number of amides is 1. The largest absolute Gasteiger partial charge is 0.506 e. The normalized spacial score (nSPS) is 13.0. The summed E-state index contributed by atoms with van der Waals surface area (Å²) in [7, 11) is -1.67. The number of nitrogens with one attached hydrogen (secondary N) is 2. The van der Waals surface area contributed by atoms with E-state index in [4.69, 9.17) is 9.47 Å². The van der Waals surface area contributed by atoms with Gasteiger partial charge >= 0.3 is 0 Å². The first-order valence-electron chi connectivity index (χ1n) is 14.0. The molecule has 2 aromatic heterocycles. The predicted octanol–water partition coefficient (Wildman–Crippen LogP) is 4.89. The van der Waals surface area contributed by atoms with Gasteiger partial charge < -0.3 is 24.9 Å². The number of rotatable bonds is 11. The number of hydrogen-bond donors (Lipinski definition) is 3. The number of sulfone groups is 1. The van der Waals surface area contributed by atoms with E-state index >= 15 is 0 Å². The van der Waals surface area contributed by atoms with Crippen LogP contribution in [-0.4, -0.2) is 49.7 Å². The lowest BCUT2D eigenvalue weighted by molar-refractivity contribution is 0.0951. The van der Waals surface area contributed by atoms with Gasteiger partial charge in [0.25, 0.3) is 11.5 Å². The van der Waals surface area contributed by atoms with Gasteiger partial charge in [-0.05, 0) is 67.6 Å². The first-order chi connectivity index (χ1) is 20.7. The fraction of sp³-hybridized carbons (Fsp3) is 0.281. The molecule has 10 nitrogen and oxygen atoms in total. The van der Waals surface area contributed by atoms with Gasteiger partial charge in [-0.15, -0.1) is 0 Å². The Hall–Kier alpha value is -4.64. The van der Waals surface area contributed by atoms with Crippen LogP contribution >= 0.6 is 0 Å². The van der Waals surface area contributed by atoms with Crippen LogP contribution in [0.1, 0.15) is 48.7 Å². The van der Waals surface area contributed by atoms with E-state index in [2.05, 4.69) is 15.3 Å². The highest BCUT2D eigenvalue weighted by Gasteiger charge is 2.32. The molecule has 4 aromatic rings. The summed E-state index contributed by atoms with van der Waals surface area (Å²) in [5.74, 6) is -0.171. The minimum atomic E-state index is -4.57. The van der Waals surface area contributed by atoms with E-state index in [-0.39, 0.29) is 17.5 Å². The predicted molar refractivity (Wildman–Crippen MR) is 161 cm³/mol. The number of ether oxygens (including phenoxy) is 2. The zero-order valence-corrected chi connectivity index (χ0v) is 25.0. The Morgan fingerprint density at radius 1 is 1.00 bits per heavy atom. The third kappa shape index (κ3) is 5.98. The molecule has 1 aliphatic rings. The minimum absolute atomic E-state index is 0.114. The molecule has 1 amide bonds. The molecule has 3 N–H and O–H groups in total. The molecule has 43 heavy (non-hydrogen) atoms. The summed E-state index contributed by atoms with van der Waals surface area (Å²) in [5.41, 5.74) is 1.72. The number of hydrogen-bond acceptors (Lipinski definition) is 8. The summed E-state index contributed by atoms with van der Waals surface area (Å²) >= 11 is 0. The third-order valence-electron chi connectivity index (χ3n) is 7.36. The lowest BCUT2D eigenvalue weighted by atomic mass is 9.98. The van der Waals surface area contributed by atoms with Gasteiger partial charge in [0.1, 0.15) is 17.2 Å². The first-order valence-corrected chi connectivity index (χ1v) is 15.5. The average Bonchev–Trinajstić information content (AvgIpc) is 3.83. The Kier molecular flexibility index (Phi) is 8.54. The molecule has 1 fully saturated rings. The summed E-state index contributed by atoms with van der Waals surface area (Å²) in [6, 6.07) is 15.0. The number of methoxy groups -OCH3 is 2. The number of carbonyl (C=O) groups excluding carboxylic acids is 1. The van der Waals surface area contributed by atoms with E-state index in [1.54, 1.807) is 48.5 Å². The van der Waals surface area contributed by atoms with Gasteiger partial charge in [0.15, 0.2) is 9.92 Å². The molecule has 0 radical (unpaired) electrons. The highest BCUT2D eigenvalue weighted by atomic mass is 32.2. The number of H-pyrrole nitrogens is 1. The topological polar surface area (TPSA) is 148 Å². The van der Waals surface area contributed by atoms with Crippen LogP contribution in [0.5, 0.6) is 17.2 Å². The zero-order valence-electron chi connectivity index (χ0n) is 24.1. The SMILES string of the molecule is CCCCc1[nH]c(=O)c(S(=O)(=O)c2ccc(-c3ccc(C(=O)NC4CC4)cc3)cn2)c(O)c1-c1c(OC)cccc1OC. The molecule has 0 aliphatic heterocycles. The summed E-state index contributed by atoms with van der Waals surface area (Å²) in [6.07, 6.45) is 5.22. The van der Waals surface area contributed by atoms with E-state index in [0.717, 1.165) is 24.8 Å². The van der Waals surface area contributed by atoms with Crippen LogP contribution in [0, 0.1) is 0 Å². The van der Waals surface area contributed by atoms with E-state index in [0.29, 0.717) is 46.7 Å². The van der Waals surface area contributed by atoms with Crippen molar-refractivity contribution in [1.82, 2.24) is 15.3 Å². The molecule has 0 atom stereocenters. The molecule has 224 valence electrons. The van der Waals surface area contributed by atoms with Crippen LogP contribution < -0.4 is 20.3 Å². The number of benzene rings is 2. The van der Waals surface area contributed by atoms with Gasteiger partial charge in [0.2, 0.25) is 9.84 Å². The molecular weight excluding hydrogens is 570 g/mol. The van der Waals surface area contributed by atoms with Gasteiger partial charge in [-0.25, -0.2) is 13.4 Å². The fourth-order valence-electron chi connectivity index (χ4n) is 4.90. The highest BCUT2D eigenvalue weighted by Crippen LogP contribution is 2.46. The summed E-state index contributed by atoms with van der Waals surface area (Å²) in [4.78, 5) is 31.6. The first kappa shape index (κ1) is 29.8. The molecule has 0 unspecified atom stereocenters. The van der Waals surface area contributed by atoms with Crippen molar-refractivity contribution >= 4 is 15.7 Å². The van der Waals surface area contributed by atoms with Crippen LogP contribution in [0.3, 0.4) is 0 Å². The summed E-state index contributed by atoms with van der Waals surface area (Å²) in [5, 5.41) is 14.1. The summed E-state index contributed by atoms with van der Waals surface area (Å²) < 4.78 is 38.7. The van der Waals surface area contributed by atoms with E-state index in [1.165, 1.54) is 26.5 Å². The number of aromatic nitrogens is 2. The van der Waals surface area contributed by atoms with Crippen molar-refractivity contribution in [2.24, 2.45) is 0 Å². The van der Waals surface area contributed by atoms with Gasteiger partial charge in [-0.3, -0.25) is 9.59 Å². The number of aromatic amines is 1. The van der Waals surface area contributed by atoms with E-state index < -0.39 is 31.1 Å². The van der Waals surface area contributed by atoms with Crippen molar-refractivity contribution in [3.63, 3.8) is 0 Å². The van der Waals surface area contributed by atoms with Gasteiger partial charge in [-0.2, -0.15) is 0 Å². The van der Waals surface area contributed by atoms with Crippen molar-refractivity contribution in [2.75, 3.05) is 14.2 Å². The molecule has 0 saturated heterocycles. The second-order valence-electron chi connectivity index (χ2n) is 10.3. The second-order valence-corrected chi connectivity index (χ2v) is 12.2. The lowest BCUT2D eigenvalue weighted by Crippen LogP contribution is -2.25. The minimum Gasteiger partial charge on any atom is -0.506 e. The number of aryl methyl sites for hydroxylation is 1. The van der Waals surface area contributed by atoms with Gasteiger partial charge in [0, 0.05) is 29.1 Å². The molecule has 0 bridgehead atoms. The molecule has 2 heterocycles. The Labute approximate surface area is 249 Å². The molecule has 5 rings (SSSR count). The number of carbonyl (C=O) groups is 1. The smallest absolute Gasteiger partial charge is 0.271 e. The molecule has 2 aromatic carbocycles. The molecular formula is C32H33N3O7S. The molecule has 0 spiro atoms. The Balaban J connectivity index is 1.55. The Morgan fingerprint density at radius 3 is 2.21 bits per heavy atom. The Bertz CT molecular complexity index is 1790.